The summed E-state index contributed by atoms with van der Waals surface area (Å²) < 4.78 is 1.01. The zero-order chi connectivity index (χ0) is 13.4. The van der Waals surface area contributed by atoms with Gasteiger partial charge in [0.1, 0.15) is 4.88 Å². The fourth-order valence-electron chi connectivity index (χ4n) is 2.20. The van der Waals surface area contributed by atoms with Gasteiger partial charge < -0.3 is 5.11 Å². The number of hydrogen-bond donors (Lipinski definition) is 1. The molecule has 0 amide bonds. The molecular formula is C16H12O2S. The molecule has 0 bridgehead atoms. The highest BCUT2D eigenvalue weighted by Gasteiger charge is 2.18. The average Bonchev–Trinajstić information content (AvgIpc) is 2.79. The summed E-state index contributed by atoms with van der Waals surface area (Å²) in [5.74, 6) is -0.864. The van der Waals surface area contributed by atoms with E-state index in [0.29, 0.717) is 4.88 Å². The Morgan fingerprint density at radius 1 is 1.05 bits per heavy atom. The van der Waals surface area contributed by atoms with Crippen molar-refractivity contribution in [3.8, 4) is 11.1 Å². The number of aryl methyl sites for hydroxylation is 1. The third kappa shape index (κ3) is 2.02. The molecule has 3 aromatic rings. The molecule has 0 aliphatic rings. The lowest BCUT2D eigenvalue weighted by Crippen LogP contribution is -1.94. The fraction of sp³-hybridized carbons (Fsp3) is 0.0625. The molecule has 0 unspecified atom stereocenters. The van der Waals surface area contributed by atoms with Crippen molar-refractivity contribution in [3.05, 3.63) is 59.0 Å². The molecule has 2 aromatic carbocycles. The van der Waals surface area contributed by atoms with E-state index in [1.165, 1.54) is 16.9 Å². The summed E-state index contributed by atoms with van der Waals surface area (Å²) in [7, 11) is 0. The van der Waals surface area contributed by atoms with Gasteiger partial charge in [-0.2, -0.15) is 0 Å². The van der Waals surface area contributed by atoms with Crippen molar-refractivity contribution in [2.45, 2.75) is 6.92 Å². The highest BCUT2D eigenvalue weighted by Crippen LogP contribution is 2.38. The first-order chi connectivity index (χ1) is 9.16. The molecule has 0 radical (unpaired) electrons. The number of rotatable bonds is 2. The summed E-state index contributed by atoms with van der Waals surface area (Å²) in [6, 6.07) is 15.8. The van der Waals surface area contributed by atoms with Crippen LogP contribution in [0.5, 0.6) is 0 Å². The molecule has 3 heteroatoms. The van der Waals surface area contributed by atoms with Crippen molar-refractivity contribution in [2.24, 2.45) is 0 Å². The van der Waals surface area contributed by atoms with Crippen LogP contribution in [0.15, 0.2) is 48.5 Å². The van der Waals surface area contributed by atoms with E-state index < -0.39 is 5.97 Å². The summed E-state index contributed by atoms with van der Waals surface area (Å²) in [5, 5.41) is 10.4. The molecule has 0 atom stereocenters. The van der Waals surface area contributed by atoms with E-state index >= 15 is 0 Å². The second-order valence-corrected chi connectivity index (χ2v) is 5.53. The van der Waals surface area contributed by atoms with Gasteiger partial charge in [0.05, 0.1) is 0 Å². The van der Waals surface area contributed by atoms with Crippen LogP contribution in [0.25, 0.3) is 21.2 Å². The standard InChI is InChI=1S/C16H12O2S/c1-10-6-8-11(9-7-10)14-12-4-2-3-5-13(12)19-15(14)16(17)18/h2-9H,1H3,(H,17,18). The SMILES string of the molecule is Cc1ccc(-c2c(C(=O)O)sc3ccccc23)cc1. The fourth-order valence-corrected chi connectivity index (χ4v) is 3.27. The average molecular weight is 268 g/mol. The van der Waals surface area contributed by atoms with Crippen LogP contribution in [0.2, 0.25) is 0 Å². The van der Waals surface area contributed by atoms with E-state index in [9.17, 15) is 9.90 Å². The van der Waals surface area contributed by atoms with Crippen molar-refractivity contribution in [1.29, 1.82) is 0 Å². The van der Waals surface area contributed by atoms with Crippen LogP contribution in [-0.2, 0) is 0 Å². The van der Waals surface area contributed by atoms with Gasteiger partial charge in [-0.1, -0.05) is 48.0 Å². The third-order valence-corrected chi connectivity index (χ3v) is 4.29. The first-order valence-electron chi connectivity index (χ1n) is 5.98. The van der Waals surface area contributed by atoms with Crippen molar-refractivity contribution in [1.82, 2.24) is 0 Å². The maximum atomic E-state index is 11.4. The smallest absolute Gasteiger partial charge is 0.346 e. The minimum Gasteiger partial charge on any atom is -0.477 e. The molecule has 2 nitrogen and oxygen atoms in total. The van der Waals surface area contributed by atoms with Crippen LogP contribution < -0.4 is 0 Å². The number of thiophene rings is 1. The van der Waals surface area contributed by atoms with E-state index in [-0.39, 0.29) is 0 Å². The second-order valence-electron chi connectivity index (χ2n) is 4.47. The summed E-state index contributed by atoms with van der Waals surface area (Å²) in [4.78, 5) is 11.8. The zero-order valence-electron chi connectivity index (χ0n) is 10.4. The minimum atomic E-state index is -0.864. The third-order valence-electron chi connectivity index (χ3n) is 3.13. The van der Waals surface area contributed by atoms with Crippen molar-refractivity contribution in [3.63, 3.8) is 0 Å². The van der Waals surface area contributed by atoms with Crippen LogP contribution in [-0.4, -0.2) is 11.1 Å². The molecular weight excluding hydrogens is 256 g/mol. The zero-order valence-corrected chi connectivity index (χ0v) is 11.2. The first-order valence-corrected chi connectivity index (χ1v) is 6.80. The van der Waals surface area contributed by atoms with E-state index in [4.69, 9.17) is 0 Å². The number of aromatic carboxylic acids is 1. The number of carboxylic acid groups (broad SMARTS) is 1. The molecule has 0 aliphatic carbocycles. The Morgan fingerprint density at radius 3 is 2.42 bits per heavy atom. The number of hydrogen-bond acceptors (Lipinski definition) is 2. The molecule has 1 N–H and O–H groups in total. The van der Waals surface area contributed by atoms with Crippen LogP contribution in [0.3, 0.4) is 0 Å². The van der Waals surface area contributed by atoms with Crippen LogP contribution in [0.4, 0.5) is 0 Å². The van der Waals surface area contributed by atoms with E-state index in [1.807, 2.05) is 55.5 Å². The van der Waals surface area contributed by atoms with Gasteiger partial charge in [0.25, 0.3) is 0 Å². The lowest BCUT2D eigenvalue weighted by molar-refractivity contribution is 0.0703. The Bertz CT molecular complexity index is 754. The Kier molecular flexibility index (Phi) is 2.84. The Hall–Kier alpha value is -2.13. The van der Waals surface area contributed by atoms with E-state index in [1.54, 1.807) is 0 Å². The lowest BCUT2D eigenvalue weighted by atomic mass is 10.0. The van der Waals surface area contributed by atoms with Crippen LogP contribution in [0.1, 0.15) is 15.2 Å². The first kappa shape index (κ1) is 11.9. The second kappa shape index (κ2) is 4.52. The number of benzene rings is 2. The Labute approximate surface area is 114 Å². The number of fused-ring (bicyclic) bond motifs is 1. The van der Waals surface area contributed by atoms with Gasteiger partial charge in [0.2, 0.25) is 0 Å². The van der Waals surface area contributed by atoms with Crippen LogP contribution in [0, 0.1) is 6.92 Å². The number of carboxylic acids is 1. The highest BCUT2D eigenvalue weighted by molar-refractivity contribution is 7.21. The Balaban J connectivity index is 2.34. The molecule has 0 aliphatic heterocycles. The molecule has 0 saturated heterocycles. The Morgan fingerprint density at radius 2 is 1.74 bits per heavy atom. The van der Waals surface area contributed by atoms with Crippen molar-refractivity contribution < 1.29 is 9.90 Å². The summed E-state index contributed by atoms with van der Waals surface area (Å²) >= 11 is 1.33. The monoisotopic (exact) mass is 268 g/mol. The minimum absolute atomic E-state index is 0.407. The molecule has 94 valence electrons. The van der Waals surface area contributed by atoms with Gasteiger partial charge >= 0.3 is 5.97 Å². The van der Waals surface area contributed by atoms with E-state index in [2.05, 4.69) is 0 Å². The predicted octanol–water partition coefficient (Wildman–Crippen LogP) is 4.57. The number of carbonyl (C=O) groups is 1. The highest BCUT2D eigenvalue weighted by atomic mass is 32.1. The quantitative estimate of drug-likeness (QED) is 0.739. The normalized spacial score (nSPS) is 10.8. The predicted molar refractivity (Wildman–Crippen MR) is 79.0 cm³/mol. The molecule has 3 rings (SSSR count). The molecule has 0 fully saturated rings. The van der Waals surface area contributed by atoms with E-state index in [0.717, 1.165) is 21.2 Å². The maximum Gasteiger partial charge on any atom is 0.346 e. The molecule has 0 spiro atoms. The van der Waals surface area contributed by atoms with Crippen LogP contribution >= 0.6 is 11.3 Å². The molecule has 19 heavy (non-hydrogen) atoms. The molecule has 0 saturated carbocycles. The molecule has 1 heterocycles. The summed E-state index contributed by atoms with van der Waals surface area (Å²) in [5.41, 5.74) is 2.95. The lowest BCUT2D eigenvalue weighted by Gasteiger charge is -2.03. The van der Waals surface area contributed by atoms with Gasteiger partial charge in [-0.05, 0) is 18.6 Å². The van der Waals surface area contributed by atoms with Gasteiger partial charge in [0.15, 0.2) is 0 Å². The summed E-state index contributed by atoms with van der Waals surface area (Å²) in [6.07, 6.45) is 0. The molecule has 1 aromatic heterocycles. The van der Waals surface area contributed by atoms with Crippen molar-refractivity contribution >= 4 is 27.4 Å². The summed E-state index contributed by atoms with van der Waals surface area (Å²) in [6.45, 7) is 2.02. The topological polar surface area (TPSA) is 37.3 Å². The maximum absolute atomic E-state index is 11.4. The van der Waals surface area contributed by atoms with Gasteiger partial charge in [-0.25, -0.2) is 4.79 Å². The van der Waals surface area contributed by atoms with Gasteiger partial charge in [-0.3, -0.25) is 0 Å². The van der Waals surface area contributed by atoms with Gasteiger partial charge in [-0.15, -0.1) is 11.3 Å². The van der Waals surface area contributed by atoms with Gasteiger partial charge in [0, 0.05) is 15.6 Å². The van der Waals surface area contributed by atoms with Crippen molar-refractivity contribution in [2.75, 3.05) is 0 Å². The largest absolute Gasteiger partial charge is 0.477 e.